The summed E-state index contributed by atoms with van der Waals surface area (Å²) in [6.07, 6.45) is 17.9. The molecule has 4 aliphatic rings. The van der Waals surface area contributed by atoms with Gasteiger partial charge in [-0.3, -0.25) is 4.79 Å². The summed E-state index contributed by atoms with van der Waals surface area (Å²) < 4.78 is 27.9. The van der Waals surface area contributed by atoms with E-state index in [1.165, 1.54) is 64.7 Å². The number of hydrogen-bond acceptors (Lipinski definition) is 2. The van der Waals surface area contributed by atoms with Gasteiger partial charge in [-0.15, -0.1) is 0 Å². The van der Waals surface area contributed by atoms with Crippen LogP contribution in [0.3, 0.4) is 0 Å². The largest absolute Gasteiger partial charge is 0 e. The van der Waals surface area contributed by atoms with Crippen molar-refractivity contribution >= 4 is 5.97 Å². The molecule has 0 radical (unpaired) electrons. The third-order valence-electron chi connectivity index (χ3n) is 10.2. The molecule has 212 valence electrons. The van der Waals surface area contributed by atoms with Gasteiger partial charge < -0.3 is 4.74 Å². The second-order valence-corrected chi connectivity index (χ2v) is 12.4. The van der Waals surface area contributed by atoms with Crippen LogP contribution in [-0.2, 0) is 40.6 Å². The first-order valence-electron chi connectivity index (χ1n) is 13.9. The van der Waals surface area contributed by atoms with Crippen LogP contribution in [0.25, 0.3) is 0 Å². The maximum absolute atomic E-state index is 11.4. The number of allylic oxidation sites excluding steroid dienone is 3. The summed E-state index contributed by atoms with van der Waals surface area (Å²) in [4.78, 5) is 11.4. The average molecular weight is 567 g/mol. The maximum Gasteiger partial charge on any atom is 0 e. The van der Waals surface area contributed by atoms with Crippen LogP contribution in [0, 0.1) is 66.3 Å². The topological polar surface area (TPSA) is 86.0 Å². The fraction of sp³-hybridized carbons (Fsp3) is 0.750. The van der Waals surface area contributed by atoms with Crippen molar-refractivity contribution in [1.29, 1.82) is 0 Å². The molecule has 5 nitrogen and oxygen atoms in total. The van der Waals surface area contributed by atoms with E-state index in [-0.39, 0.29) is 28.5 Å². The molecule has 7 atom stereocenters. The smallest absolute Gasteiger partial charge is 0 e. The van der Waals surface area contributed by atoms with E-state index in [0.717, 1.165) is 47.7 Å². The zero-order chi connectivity index (χ0) is 28.4. The van der Waals surface area contributed by atoms with Gasteiger partial charge in [0.15, 0.2) is 0 Å². The average Bonchev–Trinajstić information content (AvgIpc) is 3.24. The summed E-state index contributed by atoms with van der Waals surface area (Å²) in [5, 5.41) is 0. The van der Waals surface area contributed by atoms with Crippen molar-refractivity contribution in [2.75, 3.05) is 0 Å². The Balaban J connectivity index is 0.00000183. The molecule has 38 heavy (non-hydrogen) atoms. The van der Waals surface area contributed by atoms with Gasteiger partial charge in [-0.2, -0.15) is 0 Å². The van der Waals surface area contributed by atoms with Crippen LogP contribution < -0.4 is 0 Å². The first kappa shape index (κ1) is 36.7. The Hall–Kier alpha value is -1.31. The third-order valence-corrected chi connectivity index (χ3v) is 10.2. The Morgan fingerprint density at radius 1 is 1.00 bits per heavy atom. The molecule has 4 aliphatic carbocycles. The Labute approximate surface area is 241 Å². The Kier molecular flexibility index (Phi) is 16.1. The van der Waals surface area contributed by atoms with Crippen molar-refractivity contribution in [1.82, 2.24) is 0 Å². The van der Waals surface area contributed by atoms with Crippen LogP contribution in [0.5, 0.6) is 0 Å². The Morgan fingerprint density at radius 2 is 1.63 bits per heavy atom. The molecular formula is C32H46FeO5. The van der Waals surface area contributed by atoms with Crippen molar-refractivity contribution in [3.8, 4) is 0 Å². The number of ether oxygens (including phenoxy) is 1. The summed E-state index contributed by atoms with van der Waals surface area (Å²) in [5.41, 5.74) is 2.38. The molecule has 0 aromatic heterocycles. The van der Waals surface area contributed by atoms with Gasteiger partial charge in [0.1, 0.15) is 5.76 Å². The maximum atomic E-state index is 11.4. The first-order chi connectivity index (χ1) is 17.6. The zero-order valence-electron chi connectivity index (χ0n) is 24.1. The molecule has 3 saturated carbocycles. The normalized spacial score (nSPS) is 33.1. The van der Waals surface area contributed by atoms with Gasteiger partial charge in [0.25, 0.3) is 0 Å². The van der Waals surface area contributed by atoms with Crippen LogP contribution in [0.4, 0.5) is 0 Å². The second-order valence-electron chi connectivity index (χ2n) is 12.4. The molecule has 0 aromatic carbocycles. The summed E-state index contributed by atoms with van der Waals surface area (Å²) in [5.74, 6) is 5.84. The van der Waals surface area contributed by atoms with Gasteiger partial charge >= 0.3 is 39.9 Å². The van der Waals surface area contributed by atoms with E-state index in [4.69, 9.17) is 18.7 Å². The summed E-state index contributed by atoms with van der Waals surface area (Å²) in [6, 6.07) is 0. The van der Waals surface area contributed by atoms with Gasteiger partial charge in [-0.25, -0.2) is 0 Å². The fourth-order valence-electron chi connectivity index (χ4n) is 8.65. The van der Waals surface area contributed by atoms with E-state index >= 15 is 0 Å². The summed E-state index contributed by atoms with van der Waals surface area (Å²) in [7, 11) is 0. The first-order valence-corrected chi connectivity index (χ1v) is 13.9. The molecule has 0 N–H and O–H groups in total. The van der Waals surface area contributed by atoms with E-state index in [1.807, 2.05) is 0 Å². The van der Waals surface area contributed by atoms with Crippen molar-refractivity contribution < 1.29 is 40.6 Å². The van der Waals surface area contributed by atoms with Gasteiger partial charge in [-0.1, -0.05) is 59.5 Å². The molecule has 0 spiro atoms. The minimum atomic E-state index is -0.201. The fourth-order valence-corrected chi connectivity index (χ4v) is 8.65. The number of rotatable bonds is 6. The number of carbonyl (C=O) groups is 1. The summed E-state index contributed by atoms with van der Waals surface area (Å²) in [6.45, 7) is 27.5. The quantitative estimate of drug-likeness (QED) is 0.141. The molecule has 0 bridgehead atoms. The number of esters is 1. The molecule has 0 heterocycles. The van der Waals surface area contributed by atoms with Crippen molar-refractivity contribution in [2.45, 2.75) is 106 Å². The van der Waals surface area contributed by atoms with Gasteiger partial charge in [0, 0.05) is 24.0 Å². The Bertz CT molecular complexity index is 870. The third kappa shape index (κ3) is 7.88. The van der Waals surface area contributed by atoms with E-state index in [1.54, 1.807) is 5.57 Å². The van der Waals surface area contributed by atoms with Crippen molar-refractivity contribution in [2.24, 2.45) is 46.3 Å². The van der Waals surface area contributed by atoms with Gasteiger partial charge in [0.05, 0.1) is 0 Å². The second kappa shape index (κ2) is 16.7. The standard InChI is InChI=1S/C29H46O2.3CO.Fe/c1-19(2)8-7-9-20(3)25-12-13-26-24-11-10-22-18-23(31-21(4)30)14-16-28(22,5)27(24)15-17-29(25,26)6;3*1-2;/h14,18-20,24-27H,7-13,15-17H2,1-6H3;;;;/t20-,24+,25-,26+,27+,28+,29-;;;;/m1..../s1. The van der Waals surface area contributed by atoms with Crippen molar-refractivity contribution in [3.63, 3.8) is 0 Å². The molecule has 0 aromatic rings. The number of hydrogen-bond donors (Lipinski definition) is 0. The molecule has 0 unspecified atom stereocenters. The monoisotopic (exact) mass is 566 g/mol. The van der Waals surface area contributed by atoms with E-state index in [9.17, 15) is 4.79 Å². The molecule has 6 heteroatoms. The number of carbonyl (C=O) groups excluding carboxylic acids is 1. The van der Waals surface area contributed by atoms with E-state index < -0.39 is 0 Å². The minimum absolute atomic E-state index is 0. The van der Waals surface area contributed by atoms with Gasteiger partial charge in [0.2, 0.25) is 0 Å². The van der Waals surface area contributed by atoms with E-state index in [0.29, 0.717) is 5.41 Å². The predicted octanol–water partition coefficient (Wildman–Crippen LogP) is 7.97. The Morgan fingerprint density at radius 3 is 2.21 bits per heavy atom. The van der Waals surface area contributed by atoms with Crippen LogP contribution in [0.2, 0.25) is 0 Å². The van der Waals surface area contributed by atoms with Crippen LogP contribution >= 0.6 is 0 Å². The molecular weight excluding hydrogens is 520 g/mol. The predicted molar refractivity (Wildman–Crippen MR) is 140 cm³/mol. The minimum Gasteiger partial charge on any atom is 0 e. The molecule has 0 aliphatic heterocycles. The van der Waals surface area contributed by atoms with E-state index in [2.05, 4.69) is 66.7 Å². The van der Waals surface area contributed by atoms with Crippen LogP contribution in [0.1, 0.15) is 106 Å². The number of fused-ring (bicyclic) bond motifs is 5. The molecule has 0 saturated heterocycles. The van der Waals surface area contributed by atoms with Crippen LogP contribution in [0.15, 0.2) is 23.5 Å². The van der Waals surface area contributed by atoms with Gasteiger partial charge in [-0.05, 0) is 103 Å². The molecule has 0 amide bonds. The van der Waals surface area contributed by atoms with Crippen LogP contribution in [-0.4, -0.2) is 5.97 Å². The molecule has 4 rings (SSSR count). The van der Waals surface area contributed by atoms with Crippen molar-refractivity contribution in [3.05, 3.63) is 43.4 Å². The SMILES string of the molecule is CC(=O)OC1=CC[C@@]2(C)C(=C1)CC[C@H]1[C@@H]3CC[C@H]([C@H](C)CCCC(C)C)[C@@]3(C)CC[C@@H]12.[C-]#[O+].[C-]#[O+].[C-]#[O+].[Fe]. The summed E-state index contributed by atoms with van der Waals surface area (Å²) >= 11 is 0. The molecule has 3 fully saturated rings. The zero-order valence-corrected chi connectivity index (χ0v) is 25.2.